The molecule has 12 aromatic carbocycles. The number of hydrogen-bond acceptors (Lipinski definition) is 2. The zero-order valence-electron chi connectivity index (χ0n) is 39.1. The first-order valence-electron chi connectivity index (χ1n) is 24.5. The molecule has 0 fully saturated rings. The number of nitrogens with zero attached hydrogens (tertiary/aromatic N) is 2. The molecule has 0 radical (unpaired) electrons. The summed E-state index contributed by atoms with van der Waals surface area (Å²) in [5.74, 6) is 0. The average molecular weight is 893 g/mol. The monoisotopic (exact) mass is 892 g/mol. The largest absolute Gasteiger partial charge is 0.310 e. The van der Waals surface area contributed by atoms with Crippen molar-refractivity contribution in [2.45, 2.75) is 24.7 Å². The highest BCUT2D eigenvalue weighted by Crippen LogP contribution is 2.63. The van der Waals surface area contributed by atoms with E-state index in [-0.39, 0.29) is 5.41 Å². The number of benzene rings is 12. The minimum Gasteiger partial charge on any atom is -0.310 e. The van der Waals surface area contributed by atoms with Crippen LogP contribution >= 0.6 is 0 Å². The molecule has 0 heterocycles. The Bertz CT molecular complexity index is 4060. The number of para-hydroxylation sites is 2. The van der Waals surface area contributed by atoms with Gasteiger partial charge in [-0.25, -0.2) is 0 Å². The maximum absolute atomic E-state index is 2.55. The summed E-state index contributed by atoms with van der Waals surface area (Å²) in [4.78, 5) is 4.99. The molecule has 70 heavy (non-hydrogen) atoms. The first kappa shape index (κ1) is 40.4. The van der Waals surface area contributed by atoms with E-state index < -0.39 is 5.41 Å². The zero-order chi connectivity index (χ0) is 46.6. The van der Waals surface area contributed by atoms with E-state index >= 15 is 0 Å². The summed E-state index contributed by atoms with van der Waals surface area (Å²) >= 11 is 0. The van der Waals surface area contributed by atoms with Gasteiger partial charge in [0.15, 0.2) is 0 Å². The molecule has 1 atom stereocenters. The molecule has 12 aromatic rings. The van der Waals surface area contributed by atoms with E-state index in [4.69, 9.17) is 0 Å². The maximum Gasteiger partial charge on any atom is 0.0721 e. The SMILES string of the molecule is CC1(C)c2ccccc2C2(c3ccccc3-c3ccc(N(c4ccccc4)c4cc5ccccc5c5ccccc45)cc32)c2cc(N(c3ccccc3)c3cc4ccccc4c4ccccc34)ccc21. The standard InChI is InChI=1S/C68H48N2/c1-67(2)60-35-19-20-36-62(60)68(64-44-50(38-40-61(64)67)70(48-25-7-4-8-26-48)66-42-46-22-10-12-28-52(46)54-30-14-16-33-58(54)66)59-34-18-17-31-55(59)56-39-37-49(43-63(56)68)69(47-23-5-3-6-24-47)65-41-45-21-9-11-27-51(45)53-29-13-15-32-57(53)65/h3-44H,1-2H3. The summed E-state index contributed by atoms with van der Waals surface area (Å²) in [6, 6.07) is 95.2. The highest BCUT2D eigenvalue weighted by atomic mass is 15.2. The van der Waals surface area contributed by atoms with Crippen LogP contribution in [0.5, 0.6) is 0 Å². The van der Waals surface area contributed by atoms with E-state index in [1.165, 1.54) is 87.6 Å². The molecule has 0 saturated carbocycles. The van der Waals surface area contributed by atoms with E-state index in [9.17, 15) is 0 Å². The van der Waals surface area contributed by atoms with Gasteiger partial charge < -0.3 is 9.80 Å². The average Bonchev–Trinajstić information content (AvgIpc) is 3.71. The Labute approximate surface area is 409 Å². The van der Waals surface area contributed by atoms with Crippen LogP contribution in [0.2, 0.25) is 0 Å². The van der Waals surface area contributed by atoms with E-state index in [1.807, 2.05) is 0 Å². The summed E-state index contributed by atoms with van der Waals surface area (Å²) in [7, 11) is 0. The molecule has 2 aliphatic rings. The molecule has 0 amide bonds. The van der Waals surface area contributed by atoms with Gasteiger partial charge in [0.2, 0.25) is 0 Å². The van der Waals surface area contributed by atoms with Crippen LogP contribution in [0.25, 0.3) is 54.2 Å². The van der Waals surface area contributed by atoms with Crippen LogP contribution in [0.3, 0.4) is 0 Å². The van der Waals surface area contributed by atoms with Crippen molar-refractivity contribution in [3.05, 3.63) is 288 Å². The van der Waals surface area contributed by atoms with Gasteiger partial charge in [-0.2, -0.15) is 0 Å². The second kappa shape index (κ2) is 15.4. The van der Waals surface area contributed by atoms with Crippen molar-refractivity contribution in [3.63, 3.8) is 0 Å². The van der Waals surface area contributed by atoms with Crippen molar-refractivity contribution in [1.29, 1.82) is 0 Å². The van der Waals surface area contributed by atoms with Crippen molar-refractivity contribution < 1.29 is 0 Å². The van der Waals surface area contributed by atoms with Gasteiger partial charge in [0.25, 0.3) is 0 Å². The maximum atomic E-state index is 2.55. The van der Waals surface area contributed by atoms with Crippen molar-refractivity contribution in [1.82, 2.24) is 0 Å². The summed E-state index contributed by atoms with van der Waals surface area (Å²) in [6.45, 7) is 4.84. The van der Waals surface area contributed by atoms with E-state index in [0.717, 1.165) is 34.1 Å². The van der Waals surface area contributed by atoms with Gasteiger partial charge in [0.05, 0.1) is 16.8 Å². The molecular weight excluding hydrogens is 845 g/mol. The van der Waals surface area contributed by atoms with Gasteiger partial charge in [-0.15, -0.1) is 0 Å². The smallest absolute Gasteiger partial charge is 0.0721 e. The van der Waals surface area contributed by atoms with Crippen molar-refractivity contribution >= 4 is 77.2 Å². The van der Waals surface area contributed by atoms with Gasteiger partial charge >= 0.3 is 0 Å². The third kappa shape index (κ3) is 5.74. The van der Waals surface area contributed by atoms with Crippen LogP contribution in [-0.2, 0) is 10.8 Å². The van der Waals surface area contributed by atoms with Crippen molar-refractivity contribution in [2.24, 2.45) is 0 Å². The van der Waals surface area contributed by atoms with Crippen LogP contribution < -0.4 is 9.80 Å². The molecule has 0 aliphatic heterocycles. The Hall–Kier alpha value is -8.72. The molecule has 0 N–H and O–H groups in total. The lowest BCUT2D eigenvalue weighted by atomic mass is 9.55. The fraction of sp³-hybridized carbons (Fsp3) is 0.0588. The number of rotatable bonds is 6. The number of fused-ring (bicyclic) bond motifs is 15. The second-order valence-electron chi connectivity index (χ2n) is 19.6. The van der Waals surface area contributed by atoms with Gasteiger partial charge in [0.1, 0.15) is 0 Å². The van der Waals surface area contributed by atoms with Crippen LogP contribution in [0.15, 0.2) is 255 Å². The molecule has 2 nitrogen and oxygen atoms in total. The molecule has 14 rings (SSSR count). The Morgan fingerprint density at radius 2 is 0.657 bits per heavy atom. The molecule has 330 valence electrons. The van der Waals surface area contributed by atoms with Gasteiger partial charge in [-0.05, 0) is 137 Å². The molecule has 0 bridgehead atoms. The quantitative estimate of drug-likeness (QED) is 0.154. The summed E-state index contributed by atoms with van der Waals surface area (Å²) < 4.78 is 0. The molecule has 2 heteroatoms. The van der Waals surface area contributed by atoms with Gasteiger partial charge in [-0.1, -0.05) is 208 Å². The van der Waals surface area contributed by atoms with Crippen LogP contribution in [0, 0.1) is 0 Å². The zero-order valence-corrected chi connectivity index (χ0v) is 39.1. The molecule has 2 aliphatic carbocycles. The third-order valence-corrected chi connectivity index (χ3v) is 15.6. The predicted molar refractivity (Wildman–Crippen MR) is 295 cm³/mol. The van der Waals surface area contributed by atoms with Crippen LogP contribution in [0.4, 0.5) is 34.1 Å². The first-order valence-corrected chi connectivity index (χ1v) is 24.5. The van der Waals surface area contributed by atoms with E-state index in [0.29, 0.717) is 0 Å². The molecule has 1 spiro atoms. The summed E-state index contributed by atoms with van der Waals surface area (Å²) in [5.41, 5.74) is 16.3. The summed E-state index contributed by atoms with van der Waals surface area (Å²) in [5, 5.41) is 9.87. The fourth-order valence-electron chi connectivity index (χ4n) is 12.6. The predicted octanol–water partition coefficient (Wildman–Crippen LogP) is 18.2. The fourth-order valence-corrected chi connectivity index (χ4v) is 12.6. The highest BCUT2D eigenvalue weighted by Gasteiger charge is 2.53. The Balaban J connectivity index is 1.08. The normalized spacial score (nSPS) is 15.2. The van der Waals surface area contributed by atoms with E-state index in [2.05, 4.69) is 278 Å². The van der Waals surface area contributed by atoms with Gasteiger partial charge in [-0.3, -0.25) is 0 Å². The van der Waals surface area contributed by atoms with Crippen molar-refractivity contribution in [3.8, 4) is 11.1 Å². The molecule has 0 saturated heterocycles. The minimum absolute atomic E-state index is 0.293. The Kier molecular flexibility index (Phi) is 8.88. The van der Waals surface area contributed by atoms with Gasteiger partial charge in [0, 0.05) is 38.9 Å². The first-order chi connectivity index (χ1) is 34.5. The number of hydrogen-bond donors (Lipinski definition) is 0. The molecule has 0 aromatic heterocycles. The van der Waals surface area contributed by atoms with Crippen molar-refractivity contribution in [2.75, 3.05) is 9.80 Å². The topological polar surface area (TPSA) is 6.48 Å². The minimum atomic E-state index is -0.652. The second-order valence-corrected chi connectivity index (χ2v) is 19.6. The molecular formula is C68H48N2. The number of anilines is 6. The lowest BCUT2D eigenvalue weighted by Crippen LogP contribution is -2.41. The lowest BCUT2D eigenvalue weighted by molar-refractivity contribution is 0.563. The summed E-state index contributed by atoms with van der Waals surface area (Å²) in [6.07, 6.45) is 0. The highest BCUT2D eigenvalue weighted by molar-refractivity contribution is 6.16. The third-order valence-electron chi connectivity index (χ3n) is 15.6. The Morgan fingerprint density at radius 1 is 0.257 bits per heavy atom. The van der Waals surface area contributed by atoms with Crippen LogP contribution in [-0.4, -0.2) is 0 Å². The molecule has 1 unspecified atom stereocenters. The lowest BCUT2D eigenvalue weighted by Gasteiger charge is -2.47. The Morgan fingerprint density at radius 3 is 1.23 bits per heavy atom. The van der Waals surface area contributed by atoms with E-state index in [1.54, 1.807) is 0 Å². The van der Waals surface area contributed by atoms with Crippen LogP contribution in [0.1, 0.15) is 47.2 Å².